The molecule has 2 amide bonds. The summed E-state index contributed by atoms with van der Waals surface area (Å²) in [4.78, 5) is 25.4. The Bertz CT molecular complexity index is 1400. The van der Waals surface area contributed by atoms with E-state index in [2.05, 4.69) is 10.4 Å². The van der Waals surface area contributed by atoms with Crippen LogP contribution in [0.2, 0.25) is 10.0 Å². The van der Waals surface area contributed by atoms with Gasteiger partial charge in [0.15, 0.2) is 18.1 Å². The highest BCUT2D eigenvalue weighted by Crippen LogP contribution is 2.33. The molecule has 0 atom stereocenters. The lowest BCUT2D eigenvalue weighted by Gasteiger charge is -2.13. The molecule has 9 heteroatoms. The molecule has 3 aromatic carbocycles. The average Bonchev–Trinajstić information content (AvgIpc) is 3.15. The molecule has 0 radical (unpaired) electrons. The molecule has 4 rings (SSSR count). The van der Waals surface area contributed by atoms with Crippen molar-refractivity contribution in [1.29, 1.82) is 0 Å². The maximum absolute atomic E-state index is 13.1. The second-order valence-corrected chi connectivity index (χ2v) is 9.12. The van der Waals surface area contributed by atoms with E-state index in [1.165, 1.54) is 5.01 Å². The van der Waals surface area contributed by atoms with Gasteiger partial charge in [0.2, 0.25) is 0 Å². The van der Waals surface area contributed by atoms with Crippen molar-refractivity contribution < 1.29 is 19.1 Å². The highest BCUT2D eigenvalue weighted by Gasteiger charge is 2.29. The van der Waals surface area contributed by atoms with Crippen molar-refractivity contribution in [2.24, 2.45) is 5.10 Å². The molecule has 1 heterocycles. The third kappa shape index (κ3) is 6.31. The lowest BCUT2D eigenvalue weighted by Crippen LogP contribution is -2.21. The highest BCUT2D eigenvalue weighted by atomic mass is 35.5. The number of benzene rings is 3. The van der Waals surface area contributed by atoms with Crippen LogP contribution in [-0.2, 0) is 9.59 Å². The summed E-state index contributed by atoms with van der Waals surface area (Å²) in [6.07, 6.45) is 1.73. The molecule has 1 N–H and O–H groups in total. The van der Waals surface area contributed by atoms with Gasteiger partial charge < -0.3 is 14.8 Å². The van der Waals surface area contributed by atoms with Gasteiger partial charge in [-0.15, -0.1) is 0 Å². The van der Waals surface area contributed by atoms with Crippen LogP contribution in [0.4, 0.5) is 11.4 Å². The molecule has 7 nitrogen and oxygen atoms in total. The van der Waals surface area contributed by atoms with E-state index in [0.717, 1.165) is 5.56 Å². The first kappa shape index (κ1) is 26.3. The SMILES string of the molecule is CCOc1cc(C=C2C(=O)N(c3ccc(Cl)c(Cl)c3)N=C2C)ccc1OCC(=O)Nc1ccc(C)cc1. The number of nitrogens with one attached hydrogen (secondary N) is 1. The van der Waals surface area contributed by atoms with Gasteiger partial charge in [0.1, 0.15) is 0 Å². The zero-order chi connectivity index (χ0) is 26.5. The minimum Gasteiger partial charge on any atom is -0.490 e. The minimum absolute atomic E-state index is 0.183. The summed E-state index contributed by atoms with van der Waals surface area (Å²) in [7, 11) is 0. The number of amides is 2. The normalized spacial score (nSPS) is 14.1. The Balaban J connectivity index is 1.49. The molecule has 0 bridgehead atoms. The standard InChI is InChI=1S/C28H25Cl2N3O4/c1-4-36-26-14-19(7-12-25(26)37-16-27(34)31-20-8-5-17(2)6-9-20)13-22-18(3)32-33(28(22)35)21-10-11-23(29)24(30)15-21/h5-15H,4,16H2,1-3H3,(H,31,34). The van der Waals surface area contributed by atoms with Crippen LogP contribution in [0.3, 0.4) is 0 Å². The molecule has 0 fully saturated rings. The maximum Gasteiger partial charge on any atom is 0.280 e. The minimum atomic E-state index is -0.290. The summed E-state index contributed by atoms with van der Waals surface area (Å²) >= 11 is 12.1. The molecule has 0 unspecified atom stereocenters. The number of rotatable bonds is 8. The van der Waals surface area contributed by atoms with Gasteiger partial charge in [-0.2, -0.15) is 10.1 Å². The van der Waals surface area contributed by atoms with Crippen LogP contribution in [0.25, 0.3) is 6.08 Å². The Morgan fingerprint density at radius 2 is 1.73 bits per heavy atom. The van der Waals surface area contributed by atoms with E-state index in [1.54, 1.807) is 49.4 Å². The number of halogens is 2. The fourth-order valence-corrected chi connectivity index (χ4v) is 3.91. The monoisotopic (exact) mass is 537 g/mol. The zero-order valence-electron chi connectivity index (χ0n) is 20.5. The Hall–Kier alpha value is -3.81. The fraction of sp³-hybridized carbons (Fsp3) is 0.179. The van der Waals surface area contributed by atoms with Gasteiger partial charge in [-0.25, -0.2) is 0 Å². The Kier molecular flexibility index (Phi) is 8.16. The molecule has 0 aliphatic carbocycles. The second-order valence-electron chi connectivity index (χ2n) is 8.30. The predicted octanol–water partition coefficient (Wildman–Crippen LogP) is 6.52. The first-order chi connectivity index (χ1) is 17.7. The number of carbonyl (C=O) groups is 2. The first-order valence-electron chi connectivity index (χ1n) is 11.6. The molecule has 0 saturated carbocycles. The van der Waals surface area contributed by atoms with Crippen molar-refractivity contribution in [1.82, 2.24) is 0 Å². The molecular formula is C28H25Cl2N3O4. The number of anilines is 2. The summed E-state index contributed by atoms with van der Waals surface area (Å²) in [6.45, 7) is 5.81. The van der Waals surface area contributed by atoms with Crippen LogP contribution in [0, 0.1) is 6.92 Å². The topological polar surface area (TPSA) is 80.2 Å². The third-order valence-corrected chi connectivity index (χ3v) is 6.22. The molecule has 3 aromatic rings. The van der Waals surface area contributed by atoms with Crippen LogP contribution in [-0.4, -0.2) is 30.7 Å². The van der Waals surface area contributed by atoms with Crippen LogP contribution >= 0.6 is 23.2 Å². The van der Waals surface area contributed by atoms with E-state index in [4.69, 9.17) is 32.7 Å². The number of carbonyl (C=O) groups excluding carboxylic acids is 2. The van der Waals surface area contributed by atoms with Crippen LogP contribution < -0.4 is 19.8 Å². The predicted molar refractivity (Wildman–Crippen MR) is 148 cm³/mol. The Morgan fingerprint density at radius 3 is 2.43 bits per heavy atom. The Labute approximate surface area is 225 Å². The second kappa shape index (κ2) is 11.5. The Morgan fingerprint density at radius 1 is 0.973 bits per heavy atom. The van der Waals surface area contributed by atoms with Gasteiger partial charge in [-0.05, 0) is 74.9 Å². The van der Waals surface area contributed by atoms with Crippen LogP contribution in [0.1, 0.15) is 25.0 Å². The summed E-state index contributed by atoms with van der Waals surface area (Å²) in [5.41, 5.74) is 4.02. The van der Waals surface area contributed by atoms with Crippen LogP contribution in [0.5, 0.6) is 11.5 Å². The van der Waals surface area contributed by atoms with Gasteiger partial charge in [-0.3, -0.25) is 9.59 Å². The molecule has 0 aromatic heterocycles. The van der Waals surface area contributed by atoms with Crippen molar-refractivity contribution in [2.75, 3.05) is 23.5 Å². The number of ether oxygens (including phenoxy) is 2. The maximum atomic E-state index is 13.1. The number of aryl methyl sites for hydroxylation is 1. The molecule has 1 aliphatic heterocycles. The molecule has 37 heavy (non-hydrogen) atoms. The molecule has 0 spiro atoms. The van der Waals surface area contributed by atoms with E-state index in [9.17, 15) is 9.59 Å². The van der Waals surface area contributed by atoms with Crippen molar-refractivity contribution in [3.8, 4) is 11.5 Å². The highest BCUT2D eigenvalue weighted by molar-refractivity contribution is 6.42. The average molecular weight is 538 g/mol. The van der Waals surface area contributed by atoms with E-state index in [1.807, 2.05) is 38.1 Å². The quantitative estimate of drug-likeness (QED) is 0.331. The van der Waals surface area contributed by atoms with E-state index < -0.39 is 0 Å². The van der Waals surface area contributed by atoms with E-state index in [-0.39, 0.29) is 18.4 Å². The smallest absolute Gasteiger partial charge is 0.280 e. The van der Waals surface area contributed by atoms with Crippen molar-refractivity contribution in [3.63, 3.8) is 0 Å². The van der Waals surface area contributed by atoms with Gasteiger partial charge in [-0.1, -0.05) is 47.0 Å². The third-order valence-electron chi connectivity index (χ3n) is 5.48. The van der Waals surface area contributed by atoms with E-state index in [0.29, 0.717) is 56.4 Å². The number of hydrogen-bond donors (Lipinski definition) is 1. The number of hydrazone groups is 1. The lowest BCUT2D eigenvalue weighted by atomic mass is 10.1. The van der Waals surface area contributed by atoms with Gasteiger partial charge in [0, 0.05) is 5.69 Å². The lowest BCUT2D eigenvalue weighted by molar-refractivity contribution is -0.118. The summed E-state index contributed by atoms with van der Waals surface area (Å²) in [5, 5.41) is 9.20. The van der Waals surface area contributed by atoms with Gasteiger partial charge in [0.25, 0.3) is 11.8 Å². The first-order valence-corrected chi connectivity index (χ1v) is 12.3. The van der Waals surface area contributed by atoms with Crippen molar-refractivity contribution in [2.45, 2.75) is 20.8 Å². The zero-order valence-corrected chi connectivity index (χ0v) is 22.1. The van der Waals surface area contributed by atoms with E-state index >= 15 is 0 Å². The summed E-state index contributed by atoms with van der Waals surface area (Å²) < 4.78 is 11.5. The fourth-order valence-electron chi connectivity index (χ4n) is 3.62. The van der Waals surface area contributed by atoms with Crippen molar-refractivity contribution in [3.05, 3.63) is 87.4 Å². The summed E-state index contributed by atoms with van der Waals surface area (Å²) in [5.74, 6) is 0.301. The van der Waals surface area contributed by atoms with Crippen LogP contribution in [0.15, 0.2) is 71.3 Å². The summed E-state index contributed by atoms with van der Waals surface area (Å²) in [6, 6.07) is 17.6. The largest absolute Gasteiger partial charge is 0.490 e. The molecular weight excluding hydrogens is 513 g/mol. The molecule has 190 valence electrons. The molecule has 1 aliphatic rings. The van der Waals surface area contributed by atoms with Gasteiger partial charge in [0.05, 0.1) is 33.6 Å². The van der Waals surface area contributed by atoms with Crippen molar-refractivity contribution >= 4 is 58.2 Å². The number of hydrogen-bond acceptors (Lipinski definition) is 5. The molecule has 0 saturated heterocycles. The van der Waals surface area contributed by atoms with Gasteiger partial charge >= 0.3 is 0 Å². The number of nitrogens with zero attached hydrogens (tertiary/aromatic N) is 2.